The van der Waals surface area contributed by atoms with Crippen molar-refractivity contribution in [3.05, 3.63) is 35.4 Å². The number of benzene rings is 1. The quantitative estimate of drug-likeness (QED) is 0.756. The molecule has 1 aliphatic rings. The molecule has 0 saturated heterocycles. The summed E-state index contributed by atoms with van der Waals surface area (Å²) in [5.74, 6) is 1.49. The molecule has 100 valence electrons. The molecule has 0 aliphatic heterocycles. The van der Waals surface area contributed by atoms with E-state index in [9.17, 15) is 0 Å². The highest BCUT2D eigenvalue weighted by Gasteiger charge is 2.25. The molecule has 1 fully saturated rings. The van der Waals surface area contributed by atoms with Crippen molar-refractivity contribution in [1.29, 1.82) is 0 Å². The molecule has 1 nitrogen and oxygen atoms in total. The summed E-state index contributed by atoms with van der Waals surface area (Å²) in [5.41, 5.74) is 2.87. The Labute approximate surface area is 112 Å². The first-order valence-electron chi connectivity index (χ1n) is 7.54. The van der Waals surface area contributed by atoms with Crippen LogP contribution in [0.5, 0.6) is 0 Å². The lowest BCUT2D eigenvalue weighted by molar-refractivity contribution is 0.379. The van der Waals surface area contributed by atoms with E-state index in [2.05, 4.69) is 50.4 Å². The third kappa shape index (κ3) is 3.58. The molecule has 2 rings (SSSR count). The highest BCUT2D eigenvalue weighted by molar-refractivity contribution is 5.25. The van der Waals surface area contributed by atoms with E-state index in [0.29, 0.717) is 5.92 Å². The first-order chi connectivity index (χ1) is 8.74. The molecule has 18 heavy (non-hydrogen) atoms. The Morgan fingerprint density at radius 3 is 2.22 bits per heavy atom. The van der Waals surface area contributed by atoms with E-state index in [0.717, 1.165) is 18.5 Å². The molecule has 1 heteroatoms. The van der Waals surface area contributed by atoms with Gasteiger partial charge in [-0.05, 0) is 37.2 Å². The second-order valence-electron chi connectivity index (χ2n) is 5.78. The molecule has 0 amide bonds. The molecule has 1 saturated carbocycles. The highest BCUT2D eigenvalue weighted by Crippen LogP contribution is 2.30. The van der Waals surface area contributed by atoms with Crippen molar-refractivity contribution in [3.63, 3.8) is 0 Å². The summed E-state index contributed by atoms with van der Waals surface area (Å²) in [7, 11) is 0. The predicted octanol–water partition coefficient (Wildman–Crippen LogP) is 4.27. The summed E-state index contributed by atoms with van der Waals surface area (Å²) in [6.45, 7) is 7.97. The van der Waals surface area contributed by atoms with Gasteiger partial charge in [0.2, 0.25) is 0 Å². The van der Waals surface area contributed by atoms with E-state index < -0.39 is 0 Å². The van der Waals surface area contributed by atoms with Gasteiger partial charge in [-0.2, -0.15) is 0 Å². The standard InChI is InChI=1S/C17H27N/c1-4-14(5-2)17(12-18-16-10-11-16)15-8-6-13(3)7-9-15/h6-9,14,16-18H,4-5,10-12H2,1-3H3. The normalized spacial score (nSPS) is 17.1. The van der Waals surface area contributed by atoms with Crippen LogP contribution in [0.1, 0.15) is 56.6 Å². The molecule has 1 aromatic carbocycles. The lowest BCUT2D eigenvalue weighted by atomic mass is 9.82. The zero-order valence-corrected chi connectivity index (χ0v) is 12.1. The SMILES string of the molecule is CCC(CC)C(CNC1CC1)c1ccc(C)cc1. The van der Waals surface area contributed by atoms with Crippen LogP contribution >= 0.6 is 0 Å². The maximum Gasteiger partial charge on any atom is 0.00684 e. The first-order valence-corrected chi connectivity index (χ1v) is 7.54. The van der Waals surface area contributed by atoms with Gasteiger partial charge in [0.05, 0.1) is 0 Å². The van der Waals surface area contributed by atoms with Gasteiger partial charge in [0, 0.05) is 12.6 Å². The molecule has 0 spiro atoms. The number of hydrogen-bond acceptors (Lipinski definition) is 1. The first kappa shape index (κ1) is 13.6. The van der Waals surface area contributed by atoms with Crippen LogP contribution in [0.4, 0.5) is 0 Å². The summed E-state index contributed by atoms with van der Waals surface area (Å²) in [4.78, 5) is 0. The van der Waals surface area contributed by atoms with Gasteiger partial charge in [-0.3, -0.25) is 0 Å². The van der Waals surface area contributed by atoms with Gasteiger partial charge < -0.3 is 5.32 Å². The zero-order chi connectivity index (χ0) is 13.0. The molecule has 1 aliphatic carbocycles. The van der Waals surface area contributed by atoms with Crippen LogP contribution in [0.3, 0.4) is 0 Å². The summed E-state index contributed by atoms with van der Waals surface area (Å²) < 4.78 is 0. The van der Waals surface area contributed by atoms with E-state index in [4.69, 9.17) is 0 Å². The lowest BCUT2D eigenvalue weighted by Crippen LogP contribution is -2.28. The van der Waals surface area contributed by atoms with E-state index in [-0.39, 0.29) is 0 Å². The summed E-state index contributed by atoms with van der Waals surface area (Å²) >= 11 is 0. The van der Waals surface area contributed by atoms with Gasteiger partial charge in [-0.25, -0.2) is 0 Å². The largest absolute Gasteiger partial charge is 0.313 e. The van der Waals surface area contributed by atoms with Crippen molar-refractivity contribution in [2.24, 2.45) is 5.92 Å². The van der Waals surface area contributed by atoms with Crippen LogP contribution < -0.4 is 5.32 Å². The minimum Gasteiger partial charge on any atom is -0.313 e. The van der Waals surface area contributed by atoms with Gasteiger partial charge in [0.15, 0.2) is 0 Å². The predicted molar refractivity (Wildman–Crippen MR) is 79.0 cm³/mol. The molecular formula is C17H27N. The molecule has 1 N–H and O–H groups in total. The summed E-state index contributed by atoms with van der Waals surface area (Å²) in [5, 5.41) is 3.72. The molecule has 0 heterocycles. The van der Waals surface area contributed by atoms with Crippen molar-refractivity contribution in [1.82, 2.24) is 5.32 Å². The van der Waals surface area contributed by atoms with Crippen molar-refractivity contribution in [2.75, 3.05) is 6.54 Å². The van der Waals surface area contributed by atoms with Gasteiger partial charge in [0.25, 0.3) is 0 Å². The fourth-order valence-electron chi connectivity index (χ4n) is 2.81. The van der Waals surface area contributed by atoms with Gasteiger partial charge >= 0.3 is 0 Å². The Bertz CT molecular complexity index is 346. The molecule has 1 atom stereocenters. The van der Waals surface area contributed by atoms with Crippen LogP contribution in [0, 0.1) is 12.8 Å². The van der Waals surface area contributed by atoms with E-state index in [1.807, 2.05) is 0 Å². The third-order valence-electron chi connectivity index (χ3n) is 4.33. The number of hydrogen-bond donors (Lipinski definition) is 1. The molecule has 0 aromatic heterocycles. The number of nitrogens with one attached hydrogen (secondary N) is 1. The van der Waals surface area contributed by atoms with Gasteiger partial charge in [-0.1, -0.05) is 56.5 Å². The van der Waals surface area contributed by atoms with Crippen LogP contribution in [0.25, 0.3) is 0 Å². The minimum absolute atomic E-state index is 0.682. The second kappa shape index (κ2) is 6.38. The third-order valence-corrected chi connectivity index (χ3v) is 4.33. The van der Waals surface area contributed by atoms with Crippen LogP contribution in [-0.2, 0) is 0 Å². The van der Waals surface area contributed by atoms with Crippen molar-refractivity contribution < 1.29 is 0 Å². The minimum atomic E-state index is 0.682. The topological polar surface area (TPSA) is 12.0 Å². The zero-order valence-electron chi connectivity index (χ0n) is 12.1. The number of rotatable bonds is 7. The van der Waals surface area contributed by atoms with Gasteiger partial charge in [-0.15, -0.1) is 0 Å². The fraction of sp³-hybridized carbons (Fsp3) is 0.647. The number of aryl methyl sites for hydroxylation is 1. The average Bonchev–Trinajstić information content (AvgIpc) is 3.20. The smallest absolute Gasteiger partial charge is 0.00684 e. The van der Waals surface area contributed by atoms with Crippen molar-refractivity contribution >= 4 is 0 Å². The van der Waals surface area contributed by atoms with Crippen molar-refractivity contribution in [3.8, 4) is 0 Å². The Kier molecular flexibility index (Phi) is 4.82. The van der Waals surface area contributed by atoms with E-state index in [1.54, 1.807) is 0 Å². The molecule has 0 radical (unpaired) electrons. The van der Waals surface area contributed by atoms with Crippen LogP contribution in [0.15, 0.2) is 24.3 Å². The van der Waals surface area contributed by atoms with Crippen LogP contribution in [0.2, 0.25) is 0 Å². The maximum atomic E-state index is 3.72. The summed E-state index contributed by atoms with van der Waals surface area (Å²) in [6.07, 6.45) is 5.32. The van der Waals surface area contributed by atoms with Crippen molar-refractivity contribution in [2.45, 2.75) is 58.4 Å². The Morgan fingerprint density at radius 1 is 1.11 bits per heavy atom. The molecule has 0 bridgehead atoms. The molecule has 1 unspecified atom stereocenters. The monoisotopic (exact) mass is 245 g/mol. The summed E-state index contributed by atoms with van der Waals surface area (Å²) in [6, 6.07) is 9.97. The Hall–Kier alpha value is -0.820. The Morgan fingerprint density at radius 2 is 1.72 bits per heavy atom. The van der Waals surface area contributed by atoms with Crippen LogP contribution in [-0.4, -0.2) is 12.6 Å². The highest BCUT2D eigenvalue weighted by atomic mass is 14.9. The fourth-order valence-corrected chi connectivity index (χ4v) is 2.81. The van der Waals surface area contributed by atoms with E-state index >= 15 is 0 Å². The van der Waals surface area contributed by atoms with E-state index in [1.165, 1.54) is 36.8 Å². The lowest BCUT2D eigenvalue weighted by Gasteiger charge is -2.26. The maximum absolute atomic E-state index is 3.72. The average molecular weight is 245 g/mol. The molecular weight excluding hydrogens is 218 g/mol. The second-order valence-corrected chi connectivity index (χ2v) is 5.78. The van der Waals surface area contributed by atoms with Gasteiger partial charge in [0.1, 0.15) is 0 Å². The molecule has 1 aromatic rings. The Balaban J connectivity index is 2.08.